The molecule has 0 spiro atoms. The zero-order chi connectivity index (χ0) is 13.2. The number of ether oxygens (including phenoxy) is 1. The fraction of sp³-hybridized carbons (Fsp3) is 0.250. The van der Waals surface area contributed by atoms with Crippen LogP contribution in [0.2, 0.25) is 0 Å². The molecule has 3 rings (SSSR count). The predicted octanol–water partition coefficient (Wildman–Crippen LogP) is 3.07. The van der Waals surface area contributed by atoms with Crippen molar-refractivity contribution in [2.45, 2.75) is 13.7 Å². The van der Waals surface area contributed by atoms with Crippen LogP contribution in [0.5, 0.6) is 0 Å². The van der Waals surface area contributed by atoms with Crippen molar-refractivity contribution < 1.29 is 9.84 Å². The molecule has 0 unspecified atom stereocenters. The minimum absolute atomic E-state index is 0.0518. The molecule has 0 radical (unpaired) electrons. The Morgan fingerprint density at radius 1 is 1.05 bits per heavy atom. The molecule has 1 N–H and O–H groups in total. The molecule has 0 aliphatic carbocycles. The number of aromatic nitrogens is 1. The van der Waals surface area contributed by atoms with E-state index in [2.05, 4.69) is 47.9 Å². The molecular formula is C16H17NO2. The summed E-state index contributed by atoms with van der Waals surface area (Å²) in [6.07, 6.45) is 0. The molecule has 1 heterocycles. The highest BCUT2D eigenvalue weighted by Crippen LogP contribution is 2.29. The fourth-order valence-corrected chi connectivity index (χ4v) is 2.53. The SMILES string of the molecule is Cc1ccc2c(c1)c1ccccc1n2COCCO. The third kappa shape index (κ3) is 2.11. The summed E-state index contributed by atoms with van der Waals surface area (Å²) in [5.41, 5.74) is 3.59. The van der Waals surface area contributed by atoms with Crippen LogP contribution in [0.1, 0.15) is 5.56 Å². The highest BCUT2D eigenvalue weighted by Gasteiger charge is 2.09. The topological polar surface area (TPSA) is 34.4 Å². The Bertz CT molecular complexity index is 715. The third-order valence-electron chi connectivity index (χ3n) is 3.38. The number of aryl methyl sites for hydroxylation is 1. The number of hydrogen-bond donors (Lipinski definition) is 1. The third-order valence-corrected chi connectivity index (χ3v) is 3.38. The van der Waals surface area contributed by atoms with Crippen LogP contribution >= 0.6 is 0 Å². The number of aliphatic hydroxyl groups excluding tert-OH is 1. The molecule has 3 nitrogen and oxygen atoms in total. The van der Waals surface area contributed by atoms with Gasteiger partial charge in [0.2, 0.25) is 0 Å². The molecule has 0 amide bonds. The van der Waals surface area contributed by atoms with E-state index in [1.807, 2.05) is 6.07 Å². The van der Waals surface area contributed by atoms with Gasteiger partial charge in [-0.05, 0) is 25.1 Å². The molecule has 0 fully saturated rings. The van der Waals surface area contributed by atoms with Gasteiger partial charge in [0, 0.05) is 10.8 Å². The summed E-state index contributed by atoms with van der Waals surface area (Å²) in [6.45, 7) is 2.98. The van der Waals surface area contributed by atoms with Crippen LogP contribution in [0, 0.1) is 6.92 Å². The van der Waals surface area contributed by atoms with E-state index in [0.717, 1.165) is 0 Å². The predicted molar refractivity (Wildman–Crippen MR) is 77.2 cm³/mol. The van der Waals surface area contributed by atoms with Gasteiger partial charge in [0.1, 0.15) is 6.73 Å². The zero-order valence-corrected chi connectivity index (χ0v) is 11.0. The molecule has 2 aromatic carbocycles. The summed E-state index contributed by atoms with van der Waals surface area (Å²) in [6, 6.07) is 14.8. The molecule has 0 atom stereocenters. The van der Waals surface area contributed by atoms with E-state index < -0.39 is 0 Å². The molecule has 3 heteroatoms. The average Bonchev–Trinajstić information content (AvgIpc) is 2.73. The molecule has 98 valence electrons. The van der Waals surface area contributed by atoms with Gasteiger partial charge >= 0.3 is 0 Å². The number of benzene rings is 2. The van der Waals surface area contributed by atoms with Gasteiger partial charge in [-0.3, -0.25) is 0 Å². The zero-order valence-electron chi connectivity index (χ0n) is 11.0. The van der Waals surface area contributed by atoms with E-state index in [4.69, 9.17) is 9.84 Å². The average molecular weight is 255 g/mol. The number of para-hydroxylation sites is 1. The van der Waals surface area contributed by atoms with Crippen molar-refractivity contribution in [1.29, 1.82) is 0 Å². The summed E-state index contributed by atoms with van der Waals surface area (Å²) in [4.78, 5) is 0. The van der Waals surface area contributed by atoms with E-state index in [9.17, 15) is 0 Å². The second kappa shape index (κ2) is 5.03. The van der Waals surface area contributed by atoms with Crippen molar-refractivity contribution in [2.75, 3.05) is 13.2 Å². The van der Waals surface area contributed by atoms with Crippen LogP contribution in [-0.4, -0.2) is 22.9 Å². The van der Waals surface area contributed by atoms with Crippen LogP contribution in [0.4, 0.5) is 0 Å². The minimum atomic E-state index is 0.0518. The van der Waals surface area contributed by atoms with Crippen LogP contribution < -0.4 is 0 Å². The first kappa shape index (κ1) is 12.2. The van der Waals surface area contributed by atoms with Gasteiger partial charge in [0.25, 0.3) is 0 Å². The van der Waals surface area contributed by atoms with Gasteiger partial charge in [0.05, 0.1) is 24.2 Å². The fourth-order valence-electron chi connectivity index (χ4n) is 2.53. The summed E-state index contributed by atoms with van der Waals surface area (Å²) in [5, 5.41) is 11.3. The largest absolute Gasteiger partial charge is 0.394 e. The lowest BCUT2D eigenvalue weighted by Crippen LogP contribution is -2.05. The van der Waals surface area contributed by atoms with Crippen LogP contribution in [0.3, 0.4) is 0 Å². The van der Waals surface area contributed by atoms with Crippen molar-refractivity contribution in [1.82, 2.24) is 4.57 Å². The molecule has 0 saturated heterocycles. The first-order valence-corrected chi connectivity index (χ1v) is 6.47. The molecule has 0 saturated carbocycles. The molecule has 0 bridgehead atoms. The molecule has 19 heavy (non-hydrogen) atoms. The Kier molecular flexibility index (Phi) is 3.23. The summed E-state index contributed by atoms with van der Waals surface area (Å²) in [5.74, 6) is 0. The van der Waals surface area contributed by atoms with Crippen LogP contribution in [0.25, 0.3) is 21.8 Å². The van der Waals surface area contributed by atoms with Crippen LogP contribution in [0.15, 0.2) is 42.5 Å². The number of fused-ring (bicyclic) bond motifs is 3. The van der Waals surface area contributed by atoms with E-state index in [1.54, 1.807) is 0 Å². The highest BCUT2D eigenvalue weighted by atomic mass is 16.5. The Hall–Kier alpha value is -1.84. The van der Waals surface area contributed by atoms with Crippen molar-refractivity contribution >= 4 is 21.8 Å². The van der Waals surface area contributed by atoms with Gasteiger partial charge in [-0.15, -0.1) is 0 Å². The van der Waals surface area contributed by atoms with Crippen molar-refractivity contribution in [3.63, 3.8) is 0 Å². The highest BCUT2D eigenvalue weighted by molar-refractivity contribution is 6.08. The maximum atomic E-state index is 8.82. The minimum Gasteiger partial charge on any atom is -0.394 e. The maximum Gasteiger partial charge on any atom is 0.123 e. The molecule has 3 aromatic rings. The quantitative estimate of drug-likeness (QED) is 0.727. The Labute approximate surface area is 112 Å². The molecule has 0 aliphatic heterocycles. The number of aliphatic hydroxyl groups is 1. The smallest absolute Gasteiger partial charge is 0.123 e. The van der Waals surface area contributed by atoms with E-state index in [1.165, 1.54) is 27.4 Å². The van der Waals surface area contributed by atoms with E-state index in [-0.39, 0.29) is 6.61 Å². The van der Waals surface area contributed by atoms with Crippen molar-refractivity contribution in [2.24, 2.45) is 0 Å². The Morgan fingerprint density at radius 2 is 1.84 bits per heavy atom. The van der Waals surface area contributed by atoms with Gasteiger partial charge in [0.15, 0.2) is 0 Å². The number of nitrogens with zero attached hydrogens (tertiary/aromatic N) is 1. The summed E-state index contributed by atoms with van der Waals surface area (Å²) in [7, 11) is 0. The van der Waals surface area contributed by atoms with E-state index in [0.29, 0.717) is 13.3 Å². The van der Waals surface area contributed by atoms with E-state index >= 15 is 0 Å². The summed E-state index contributed by atoms with van der Waals surface area (Å²) < 4.78 is 7.64. The lowest BCUT2D eigenvalue weighted by Gasteiger charge is -2.07. The van der Waals surface area contributed by atoms with Crippen LogP contribution in [-0.2, 0) is 11.5 Å². The van der Waals surface area contributed by atoms with Crippen molar-refractivity contribution in [3.8, 4) is 0 Å². The van der Waals surface area contributed by atoms with Gasteiger partial charge < -0.3 is 14.4 Å². The summed E-state index contributed by atoms with van der Waals surface area (Å²) >= 11 is 0. The normalized spacial score (nSPS) is 11.5. The number of rotatable bonds is 4. The van der Waals surface area contributed by atoms with Gasteiger partial charge in [-0.1, -0.05) is 29.8 Å². The second-order valence-corrected chi connectivity index (χ2v) is 4.73. The Balaban J connectivity index is 2.21. The first-order valence-electron chi connectivity index (χ1n) is 6.47. The maximum absolute atomic E-state index is 8.82. The Morgan fingerprint density at radius 3 is 2.68 bits per heavy atom. The lowest BCUT2D eigenvalue weighted by molar-refractivity contribution is 0.0524. The van der Waals surface area contributed by atoms with Gasteiger partial charge in [-0.25, -0.2) is 0 Å². The number of hydrogen-bond acceptors (Lipinski definition) is 2. The second-order valence-electron chi connectivity index (χ2n) is 4.73. The lowest BCUT2D eigenvalue weighted by atomic mass is 10.1. The standard InChI is InChI=1S/C16H17NO2/c1-12-6-7-16-14(10-12)13-4-2-3-5-15(13)17(16)11-19-9-8-18/h2-7,10,18H,8-9,11H2,1H3. The monoisotopic (exact) mass is 255 g/mol. The first-order chi connectivity index (χ1) is 9.31. The van der Waals surface area contributed by atoms with Crippen molar-refractivity contribution in [3.05, 3.63) is 48.0 Å². The molecule has 0 aliphatic rings. The molecular weight excluding hydrogens is 238 g/mol. The molecule has 1 aromatic heterocycles. The van der Waals surface area contributed by atoms with Gasteiger partial charge in [-0.2, -0.15) is 0 Å².